The average Bonchev–Trinajstić information content (AvgIpc) is 3.47. The third-order valence-electron chi connectivity index (χ3n) is 9.38. The summed E-state index contributed by atoms with van der Waals surface area (Å²) in [5.41, 5.74) is 6.15. The Bertz CT molecular complexity index is 2010. The van der Waals surface area contributed by atoms with Crippen LogP contribution in [0.25, 0.3) is 11.1 Å². The van der Waals surface area contributed by atoms with Gasteiger partial charge in [0.25, 0.3) is 5.91 Å². The Morgan fingerprint density at radius 1 is 0.792 bits per heavy atom. The molecule has 2 N–H and O–H groups in total. The van der Waals surface area contributed by atoms with Gasteiger partial charge >= 0.3 is 6.09 Å². The zero-order chi connectivity index (χ0) is 36.6. The second-order valence-electron chi connectivity index (χ2n) is 13.0. The number of hydrogen-bond donors (Lipinski definition) is 2. The van der Waals surface area contributed by atoms with Gasteiger partial charge in [0.05, 0.1) is 31.8 Å². The van der Waals surface area contributed by atoms with E-state index in [0.717, 1.165) is 44.7 Å². The monoisotopic (exact) mass is 728 g/mol. The van der Waals surface area contributed by atoms with Crippen molar-refractivity contribution in [1.82, 2.24) is 10.2 Å². The van der Waals surface area contributed by atoms with Gasteiger partial charge in [-0.15, -0.1) is 11.8 Å². The van der Waals surface area contributed by atoms with Crippen LogP contribution in [0.5, 0.6) is 0 Å². The van der Waals surface area contributed by atoms with Gasteiger partial charge in [0.1, 0.15) is 12.6 Å². The minimum atomic E-state index is -0.987. The number of carbonyl (C=O) groups excluding carboxylic acids is 3. The van der Waals surface area contributed by atoms with Crippen LogP contribution < -0.4 is 5.32 Å². The molecule has 5 aromatic rings. The van der Waals surface area contributed by atoms with E-state index in [2.05, 4.69) is 17.4 Å². The summed E-state index contributed by atoms with van der Waals surface area (Å²) in [5, 5.41) is 12.1. The number of aliphatic hydroxyl groups is 1. The lowest BCUT2D eigenvalue weighted by Gasteiger charge is -2.36. The number of thioether (sulfide) groups is 1. The summed E-state index contributed by atoms with van der Waals surface area (Å²) in [6, 6.07) is 42.0. The molecule has 2 saturated heterocycles. The Kier molecular flexibility index (Phi) is 11.6. The number of imide groups is 1. The van der Waals surface area contributed by atoms with Crippen molar-refractivity contribution in [2.45, 2.75) is 62.0 Å². The second-order valence-corrected chi connectivity index (χ2v) is 14.1. The number of carbonyl (C=O) groups is 3. The molecule has 2 aliphatic heterocycles. The molecular weight excluding hydrogens is 689 g/mol. The molecule has 7 rings (SSSR count). The van der Waals surface area contributed by atoms with Crippen LogP contribution in [0.15, 0.2) is 138 Å². The molecule has 4 atom stereocenters. The number of ether oxygens (including phenoxy) is 3. The van der Waals surface area contributed by atoms with E-state index >= 15 is 0 Å². The highest BCUT2D eigenvalue weighted by atomic mass is 32.2. The highest BCUT2D eigenvalue weighted by molar-refractivity contribution is 7.99. The Hall–Kier alpha value is -5.26. The summed E-state index contributed by atoms with van der Waals surface area (Å²) < 4.78 is 18.4. The van der Waals surface area contributed by atoms with Crippen molar-refractivity contribution in [3.05, 3.63) is 161 Å². The molecule has 10 heteroatoms. The van der Waals surface area contributed by atoms with Gasteiger partial charge in [0.15, 0.2) is 6.29 Å². The number of benzene rings is 5. The lowest BCUT2D eigenvalue weighted by molar-refractivity contribution is -0.245. The SMILES string of the molecule is O=C(NC1CC(=O)N(Cc2ccccc2-c2ccc([C@@H]3O[C@H](CSc4ccccc4)C[C@H](c4ccc(CO)cc4)O3)cc2)C1=O)OCc1ccccc1. The first-order chi connectivity index (χ1) is 25.9. The van der Waals surface area contributed by atoms with Gasteiger partial charge in [-0.3, -0.25) is 14.5 Å². The molecule has 0 spiro atoms. The Morgan fingerprint density at radius 2 is 1.47 bits per heavy atom. The van der Waals surface area contributed by atoms with Crippen LogP contribution >= 0.6 is 11.8 Å². The van der Waals surface area contributed by atoms with E-state index < -0.39 is 24.3 Å². The predicted octanol–water partition coefficient (Wildman–Crippen LogP) is 7.74. The molecule has 1 unspecified atom stereocenters. The van der Waals surface area contributed by atoms with E-state index in [4.69, 9.17) is 14.2 Å². The smallest absolute Gasteiger partial charge is 0.408 e. The highest BCUT2D eigenvalue weighted by Crippen LogP contribution is 2.40. The largest absolute Gasteiger partial charge is 0.445 e. The molecule has 0 aliphatic carbocycles. The Labute approximate surface area is 312 Å². The van der Waals surface area contributed by atoms with Crippen molar-refractivity contribution in [3.63, 3.8) is 0 Å². The fourth-order valence-corrected chi connectivity index (χ4v) is 7.47. The number of nitrogens with zero attached hydrogens (tertiary/aromatic N) is 1. The van der Waals surface area contributed by atoms with Crippen LogP contribution in [0.3, 0.4) is 0 Å². The van der Waals surface area contributed by atoms with E-state index in [1.54, 1.807) is 11.8 Å². The summed E-state index contributed by atoms with van der Waals surface area (Å²) in [6.45, 7) is 0.112. The third kappa shape index (κ3) is 9.04. The summed E-state index contributed by atoms with van der Waals surface area (Å²) in [7, 11) is 0. The summed E-state index contributed by atoms with van der Waals surface area (Å²) in [5.74, 6) is -0.0654. The molecule has 0 radical (unpaired) electrons. The van der Waals surface area contributed by atoms with E-state index in [1.807, 2.05) is 121 Å². The van der Waals surface area contributed by atoms with Crippen molar-refractivity contribution >= 4 is 29.7 Å². The molecule has 270 valence electrons. The van der Waals surface area contributed by atoms with Gasteiger partial charge in [0.2, 0.25) is 5.91 Å². The number of likely N-dealkylation sites (tertiary alicyclic amines) is 1. The van der Waals surface area contributed by atoms with Gasteiger partial charge in [-0.2, -0.15) is 0 Å². The molecule has 3 amide bonds. The molecule has 5 aromatic carbocycles. The average molecular weight is 729 g/mol. The van der Waals surface area contributed by atoms with Gasteiger partial charge in [-0.1, -0.05) is 121 Å². The molecule has 2 aliphatic rings. The fraction of sp³-hybridized carbons (Fsp3) is 0.233. The van der Waals surface area contributed by atoms with Gasteiger partial charge in [0, 0.05) is 22.6 Å². The molecule has 53 heavy (non-hydrogen) atoms. The van der Waals surface area contributed by atoms with Crippen LogP contribution in [-0.4, -0.2) is 45.8 Å². The molecule has 0 saturated carbocycles. The lowest BCUT2D eigenvalue weighted by Crippen LogP contribution is -2.41. The fourth-order valence-electron chi connectivity index (χ4n) is 6.53. The molecular formula is C43H40N2O7S. The Morgan fingerprint density at radius 3 is 2.21 bits per heavy atom. The third-order valence-corrected chi connectivity index (χ3v) is 10.5. The standard InChI is InChI=1S/C43H40N2O7S/c46-26-29-15-17-32(18-16-29)39-23-35(28-53-36-12-5-2-6-13-36)51-42(52-39)33-21-19-31(20-22-33)37-14-8-7-11-34(37)25-45-40(47)24-38(41(45)48)44-43(49)50-27-30-9-3-1-4-10-30/h1-22,35,38-39,42,46H,23-28H2,(H,44,49)/t35-,38?,39+,42+/m0/s1. The molecule has 9 nitrogen and oxygen atoms in total. The van der Waals surface area contributed by atoms with E-state index in [-0.39, 0.29) is 44.3 Å². The summed E-state index contributed by atoms with van der Waals surface area (Å²) in [6.07, 6.45) is -1.04. The number of hydrogen-bond acceptors (Lipinski definition) is 8. The number of aliphatic hydroxyl groups excluding tert-OH is 1. The van der Waals surface area contributed by atoms with E-state index in [0.29, 0.717) is 6.42 Å². The minimum absolute atomic E-state index is 0.0161. The van der Waals surface area contributed by atoms with Crippen LogP contribution in [0, 0.1) is 0 Å². The van der Waals surface area contributed by atoms with Crippen LogP contribution in [0.1, 0.15) is 53.1 Å². The lowest BCUT2D eigenvalue weighted by atomic mass is 9.97. The highest BCUT2D eigenvalue weighted by Gasteiger charge is 2.40. The first-order valence-electron chi connectivity index (χ1n) is 17.6. The maximum atomic E-state index is 13.3. The van der Waals surface area contributed by atoms with Crippen molar-refractivity contribution in [2.24, 2.45) is 0 Å². The second kappa shape index (κ2) is 17.0. The van der Waals surface area contributed by atoms with Crippen molar-refractivity contribution in [2.75, 3.05) is 5.75 Å². The summed E-state index contributed by atoms with van der Waals surface area (Å²) in [4.78, 5) is 41.1. The first-order valence-corrected chi connectivity index (χ1v) is 18.6. The number of rotatable bonds is 12. The molecule has 0 aromatic heterocycles. The molecule has 0 bridgehead atoms. The first kappa shape index (κ1) is 36.1. The van der Waals surface area contributed by atoms with Crippen LogP contribution in [0.4, 0.5) is 4.79 Å². The van der Waals surface area contributed by atoms with Gasteiger partial charge < -0.3 is 24.6 Å². The number of alkyl carbamates (subject to hydrolysis) is 1. The zero-order valence-electron chi connectivity index (χ0n) is 29.0. The number of nitrogens with one attached hydrogen (secondary N) is 1. The van der Waals surface area contributed by atoms with Crippen LogP contribution in [-0.2, 0) is 43.6 Å². The summed E-state index contributed by atoms with van der Waals surface area (Å²) >= 11 is 1.75. The minimum Gasteiger partial charge on any atom is -0.445 e. The Balaban J connectivity index is 1.03. The van der Waals surface area contributed by atoms with Crippen LogP contribution in [0.2, 0.25) is 0 Å². The van der Waals surface area contributed by atoms with E-state index in [1.165, 1.54) is 9.80 Å². The van der Waals surface area contributed by atoms with Gasteiger partial charge in [-0.25, -0.2) is 4.79 Å². The topological polar surface area (TPSA) is 114 Å². The van der Waals surface area contributed by atoms with Gasteiger partial charge in [-0.05, 0) is 45.5 Å². The van der Waals surface area contributed by atoms with Crippen molar-refractivity contribution < 1.29 is 33.7 Å². The maximum Gasteiger partial charge on any atom is 0.408 e. The van der Waals surface area contributed by atoms with E-state index in [9.17, 15) is 19.5 Å². The van der Waals surface area contributed by atoms with Crippen molar-refractivity contribution in [3.8, 4) is 11.1 Å². The quantitative estimate of drug-likeness (QED) is 0.0992. The zero-order valence-corrected chi connectivity index (χ0v) is 29.8. The molecule has 2 fully saturated rings. The van der Waals surface area contributed by atoms with Crippen molar-refractivity contribution in [1.29, 1.82) is 0 Å². The molecule has 2 heterocycles. The maximum absolute atomic E-state index is 13.3. The predicted molar refractivity (Wildman–Crippen MR) is 201 cm³/mol. The normalized spacial score (nSPS) is 20.0. The number of amides is 3.